The third-order valence-electron chi connectivity index (χ3n) is 5.19. The van der Waals surface area contributed by atoms with E-state index in [-0.39, 0.29) is 11.2 Å². The Labute approximate surface area is 149 Å². The van der Waals surface area contributed by atoms with Crippen LogP contribution in [-0.4, -0.2) is 20.4 Å². The van der Waals surface area contributed by atoms with Gasteiger partial charge in [-0.1, -0.05) is 18.2 Å². The van der Waals surface area contributed by atoms with E-state index in [1.54, 1.807) is 0 Å². The van der Waals surface area contributed by atoms with Gasteiger partial charge in [-0.15, -0.1) is 0 Å². The van der Waals surface area contributed by atoms with E-state index in [9.17, 15) is 4.39 Å². The van der Waals surface area contributed by atoms with Crippen LogP contribution in [0.3, 0.4) is 0 Å². The molecule has 0 bridgehead atoms. The molecule has 1 saturated carbocycles. The molecule has 2 aromatic heterocycles. The predicted molar refractivity (Wildman–Crippen MR) is 97.9 cm³/mol. The highest BCUT2D eigenvalue weighted by molar-refractivity contribution is 5.91. The molecule has 0 radical (unpaired) electrons. The number of aromatic nitrogens is 4. The summed E-state index contributed by atoms with van der Waals surface area (Å²) in [6, 6.07) is 16.5. The molecule has 0 aliphatic heterocycles. The molecule has 1 fully saturated rings. The van der Waals surface area contributed by atoms with E-state index in [0.29, 0.717) is 5.82 Å². The van der Waals surface area contributed by atoms with Gasteiger partial charge in [0.05, 0.1) is 16.9 Å². The van der Waals surface area contributed by atoms with Crippen LogP contribution >= 0.6 is 0 Å². The Kier molecular flexibility index (Phi) is 3.09. The van der Waals surface area contributed by atoms with Crippen molar-refractivity contribution in [2.45, 2.75) is 18.3 Å². The number of benzene rings is 2. The molecule has 3 N–H and O–H groups in total. The number of nitrogens with two attached hydrogens (primary N) is 1. The maximum atomic E-state index is 13.2. The fourth-order valence-electron chi connectivity index (χ4n) is 3.52. The summed E-state index contributed by atoms with van der Waals surface area (Å²) in [5.74, 6) is 0.250. The average molecular weight is 345 g/mol. The summed E-state index contributed by atoms with van der Waals surface area (Å²) in [6.45, 7) is 0. The summed E-state index contributed by atoms with van der Waals surface area (Å²) >= 11 is 0. The van der Waals surface area contributed by atoms with Crippen molar-refractivity contribution in [2.24, 2.45) is 0 Å². The molecule has 0 saturated heterocycles. The molecule has 0 spiro atoms. The molecule has 1 aliphatic carbocycles. The van der Waals surface area contributed by atoms with E-state index in [1.807, 2.05) is 42.5 Å². The molecule has 2 aromatic carbocycles. The maximum Gasteiger partial charge on any atom is 0.153 e. The SMILES string of the molecule is Nc1n[nH]c2ccc(-c3ccc(C4(c5ccc(F)cc5)CC4)nn3)cc12. The van der Waals surface area contributed by atoms with Crippen molar-refractivity contribution < 1.29 is 4.39 Å². The molecule has 0 amide bonds. The summed E-state index contributed by atoms with van der Waals surface area (Å²) in [5, 5.41) is 16.7. The molecule has 6 heteroatoms. The molecule has 5 rings (SSSR count). The number of hydrogen-bond donors (Lipinski definition) is 2. The van der Waals surface area contributed by atoms with Crippen LogP contribution in [0, 0.1) is 5.82 Å². The van der Waals surface area contributed by atoms with E-state index >= 15 is 0 Å². The van der Waals surface area contributed by atoms with Gasteiger partial charge >= 0.3 is 0 Å². The normalized spacial score (nSPS) is 15.3. The zero-order chi connectivity index (χ0) is 17.7. The summed E-state index contributed by atoms with van der Waals surface area (Å²) in [7, 11) is 0. The number of nitrogens with one attached hydrogen (secondary N) is 1. The lowest BCUT2D eigenvalue weighted by atomic mass is 9.92. The lowest BCUT2D eigenvalue weighted by molar-refractivity contribution is 0.625. The number of halogens is 1. The highest BCUT2D eigenvalue weighted by atomic mass is 19.1. The highest BCUT2D eigenvalue weighted by Gasteiger charge is 2.47. The number of rotatable bonds is 3. The molecular weight excluding hydrogens is 329 g/mol. The summed E-state index contributed by atoms with van der Waals surface area (Å²) in [5.41, 5.74) is 10.4. The van der Waals surface area contributed by atoms with Crippen LogP contribution in [0.1, 0.15) is 24.1 Å². The van der Waals surface area contributed by atoms with Crippen molar-refractivity contribution >= 4 is 16.7 Å². The van der Waals surface area contributed by atoms with Crippen LogP contribution in [0.2, 0.25) is 0 Å². The topological polar surface area (TPSA) is 80.5 Å². The number of aromatic amines is 1. The monoisotopic (exact) mass is 345 g/mol. The third-order valence-corrected chi connectivity index (χ3v) is 5.19. The molecule has 2 heterocycles. The van der Waals surface area contributed by atoms with E-state index in [2.05, 4.69) is 20.4 Å². The van der Waals surface area contributed by atoms with Crippen LogP contribution in [0.15, 0.2) is 54.6 Å². The van der Waals surface area contributed by atoms with Crippen molar-refractivity contribution in [2.75, 3.05) is 5.73 Å². The number of nitrogens with zero attached hydrogens (tertiary/aromatic N) is 3. The van der Waals surface area contributed by atoms with Crippen molar-refractivity contribution in [3.05, 3.63) is 71.7 Å². The van der Waals surface area contributed by atoms with Crippen molar-refractivity contribution in [3.8, 4) is 11.3 Å². The van der Waals surface area contributed by atoms with Gasteiger partial charge in [0.25, 0.3) is 0 Å². The Morgan fingerprint density at radius 2 is 1.77 bits per heavy atom. The average Bonchev–Trinajstić information content (AvgIpc) is 3.41. The molecule has 4 aromatic rings. The number of fused-ring (bicyclic) bond motifs is 1. The second-order valence-corrected chi connectivity index (χ2v) is 6.76. The third kappa shape index (κ3) is 2.26. The first-order chi connectivity index (χ1) is 12.7. The molecule has 26 heavy (non-hydrogen) atoms. The molecule has 5 nitrogen and oxygen atoms in total. The lowest BCUT2D eigenvalue weighted by Gasteiger charge is -2.15. The molecule has 0 atom stereocenters. The van der Waals surface area contributed by atoms with Gasteiger partial charge in [-0.05, 0) is 54.8 Å². The number of anilines is 1. The Morgan fingerprint density at radius 1 is 0.962 bits per heavy atom. The van der Waals surface area contributed by atoms with Gasteiger partial charge < -0.3 is 5.73 Å². The van der Waals surface area contributed by atoms with Gasteiger partial charge in [0.1, 0.15) is 5.82 Å². The van der Waals surface area contributed by atoms with E-state index in [0.717, 1.165) is 46.3 Å². The van der Waals surface area contributed by atoms with E-state index < -0.39 is 0 Å². The van der Waals surface area contributed by atoms with E-state index in [1.165, 1.54) is 12.1 Å². The van der Waals surface area contributed by atoms with Crippen molar-refractivity contribution in [1.29, 1.82) is 0 Å². The van der Waals surface area contributed by atoms with Gasteiger partial charge in [0.15, 0.2) is 5.82 Å². The minimum atomic E-state index is -0.222. The minimum Gasteiger partial charge on any atom is -0.382 e. The van der Waals surface area contributed by atoms with Crippen LogP contribution < -0.4 is 5.73 Å². The quantitative estimate of drug-likeness (QED) is 0.591. The second-order valence-electron chi connectivity index (χ2n) is 6.76. The Balaban J connectivity index is 1.50. The molecule has 0 unspecified atom stereocenters. The predicted octanol–water partition coefficient (Wildman–Crippen LogP) is 3.82. The van der Waals surface area contributed by atoms with Gasteiger partial charge in [-0.2, -0.15) is 15.3 Å². The molecule has 1 aliphatic rings. The Morgan fingerprint density at radius 3 is 2.46 bits per heavy atom. The highest BCUT2D eigenvalue weighted by Crippen LogP contribution is 2.52. The first-order valence-electron chi connectivity index (χ1n) is 8.50. The maximum absolute atomic E-state index is 13.2. The summed E-state index contributed by atoms with van der Waals surface area (Å²) in [6.07, 6.45) is 2.01. The number of H-pyrrole nitrogens is 1. The minimum absolute atomic E-state index is 0.127. The number of hydrogen-bond acceptors (Lipinski definition) is 4. The standard InChI is InChI=1S/C20H16FN5/c21-14-4-2-13(3-5-14)20(9-10-20)18-8-7-16(23-25-18)12-1-6-17-15(11-12)19(22)26-24-17/h1-8,11H,9-10H2,(H3,22,24,26). The van der Waals surface area contributed by atoms with Crippen LogP contribution in [-0.2, 0) is 5.41 Å². The van der Waals surface area contributed by atoms with Gasteiger partial charge in [-0.3, -0.25) is 5.10 Å². The largest absolute Gasteiger partial charge is 0.382 e. The fraction of sp³-hybridized carbons (Fsp3) is 0.150. The van der Waals surface area contributed by atoms with Gasteiger partial charge in [-0.25, -0.2) is 4.39 Å². The first kappa shape index (κ1) is 15.0. The Hall–Kier alpha value is -3.28. The van der Waals surface area contributed by atoms with Crippen molar-refractivity contribution in [1.82, 2.24) is 20.4 Å². The van der Waals surface area contributed by atoms with Crippen LogP contribution in [0.25, 0.3) is 22.2 Å². The summed E-state index contributed by atoms with van der Waals surface area (Å²) in [4.78, 5) is 0. The second kappa shape index (κ2) is 5.36. The van der Waals surface area contributed by atoms with Crippen LogP contribution in [0.4, 0.5) is 10.2 Å². The first-order valence-corrected chi connectivity index (χ1v) is 8.50. The zero-order valence-electron chi connectivity index (χ0n) is 13.9. The fourth-order valence-corrected chi connectivity index (χ4v) is 3.52. The lowest BCUT2D eigenvalue weighted by Crippen LogP contribution is -2.12. The summed E-state index contributed by atoms with van der Waals surface area (Å²) < 4.78 is 13.2. The van der Waals surface area contributed by atoms with Crippen LogP contribution in [0.5, 0.6) is 0 Å². The molecular formula is C20H16FN5. The molecule has 128 valence electrons. The van der Waals surface area contributed by atoms with E-state index in [4.69, 9.17) is 5.73 Å². The zero-order valence-corrected chi connectivity index (χ0v) is 13.9. The van der Waals surface area contributed by atoms with Gasteiger partial charge in [0, 0.05) is 16.4 Å². The Bertz CT molecular complexity index is 1100. The number of nitrogen functional groups attached to an aromatic ring is 1. The van der Waals surface area contributed by atoms with Gasteiger partial charge in [0.2, 0.25) is 0 Å². The smallest absolute Gasteiger partial charge is 0.153 e. The van der Waals surface area contributed by atoms with Crippen molar-refractivity contribution in [3.63, 3.8) is 0 Å².